The van der Waals surface area contributed by atoms with E-state index in [0.29, 0.717) is 12.1 Å². The lowest BCUT2D eigenvalue weighted by Crippen LogP contribution is -2.29. The summed E-state index contributed by atoms with van der Waals surface area (Å²) >= 11 is 1.55. The molecule has 2 atom stereocenters. The molecule has 1 aliphatic carbocycles. The van der Waals surface area contributed by atoms with Crippen LogP contribution in [0, 0.1) is 0 Å². The van der Waals surface area contributed by atoms with Crippen LogP contribution in [-0.2, 0) is 9.59 Å². The maximum atomic E-state index is 11.3. The van der Waals surface area contributed by atoms with E-state index < -0.39 is 5.97 Å². The molecular formula is C12H13NO3S. The molecule has 0 spiro atoms. The predicted molar refractivity (Wildman–Crippen MR) is 67.6 cm³/mol. The van der Waals surface area contributed by atoms with E-state index in [-0.39, 0.29) is 23.5 Å². The molecule has 0 aromatic rings. The zero-order chi connectivity index (χ0) is 12.4. The summed E-state index contributed by atoms with van der Waals surface area (Å²) in [6.07, 6.45) is 7.55. The lowest BCUT2D eigenvalue weighted by atomic mass is 9.91. The van der Waals surface area contributed by atoms with Crippen LogP contribution in [-0.4, -0.2) is 40.1 Å². The quantitative estimate of drug-likeness (QED) is 0.771. The topological polar surface area (TPSA) is 66.7 Å². The van der Waals surface area contributed by atoms with Gasteiger partial charge in [-0.25, -0.2) is 0 Å². The van der Waals surface area contributed by atoms with E-state index in [0.717, 1.165) is 5.57 Å². The van der Waals surface area contributed by atoms with Crippen LogP contribution in [0.1, 0.15) is 12.8 Å². The molecule has 5 heteroatoms. The van der Waals surface area contributed by atoms with E-state index in [2.05, 4.69) is 4.99 Å². The van der Waals surface area contributed by atoms with E-state index >= 15 is 0 Å². The van der Waals surface area contributed by atoms with Crippen LogP contribution in [0.2, 0.25) is 0 Å². The van der Waals surface area contributed by atoms with Gasteiger partial charge in [-0.05, 0) is 17.9 Å². The van der Waals surface area contributed by atoms with Gasteiger partial charge < -0.3 is 5.11 Å². The van der Waals surface area contributed by atoms with Gasteiger partial charge in [0.1, 0.15) is 0 Å². The summed E-state index contributed by atoms with van der Waals surface area (Å²) in [4.78, 5) is 26.5. The summed E-state index contributed by atoms with van der Waals surface area (Å²) in [6.45, 7) is 0. The molecule has 17 heavy (non-hydrogen) atoms. The van der Waals surface area contributed by atoms with Crippen LogP contribution < -0.4 is 0 Å². The van der Waals surface area contributed by atoms with Crippen LogP contribution in [0.5, 0.6) is 0 Å². The second-order valence-corrected chi connectivity index (χ2v) is 5.02. The minimum Gasteiger partial charge on any atom is -0.481 e. The van der Waals surface area contributed by atoms with Gasteiger partial charge in [0, 0.05) is 12.1 Å². The first kappa shape index (κ1) is 12.1. The summed E-state index contributed by atoms with van der Waals surface area (Å²) < 4.78 is 0. The highest BCUT2D eigenvalue weighted by Crippen LogP contribution is 2.28. The van der Waals surface area contributed by atoms with Crippen molar-refractivity contribution in [2.75, 3.05) is 6.26 Å². The molecule has 1 N–H and O–H groups in total. The zero-order valence-electron chi connectivity index (χ0n) is 9.42. The van der Waals surface area contributed by atoms with Crippen molar-refractivity contribution in [1.82, 2.24) is 0 Å². The Bertz CT molecular complexity index is 451. The molecule has 2 rings (SSSR count). The third-order valence-corrected chi connectivity index (χ3v) is 3.72. The van der Waals surface area contributed by atoms with Crippen molar-refractivity contribution in [2.24, 2.45) is 4.99 Å². The molecule has 0 bridgehead atoms. The normalized spacial score (nSPS) is 27.2. The zero-order valence-corrected chi connectivity index (χ0v) is 10.2. The Morgan fingerprint density at radius 3 is 3.06 bits per heavy atom. The predicted octanol–water partition coefficient (Wildman–Crippen LogP) is 1.47. The fourth-order valence-corrected chi connectivity index (χ4v) is 2.75. The number of fused-ring (bicyclic) bond motifs is 1. The number of carbonyl (C=O) groups excluding carboxylic acids is 1. The summed E-state index contributed by atoms with van der Waals surface area (Å²) in [6, 6.07) is -0.134. The standard InChI is InChI=1S/C12H13NO3S/c1-17-11-5-7-4-8(14)2-3-9(7)13-10(11)6-12(15)16/h2-3,5,9,11H,4,6H2,1H3,(H,15,16). The summed E-state index contributed by atoms with van der Waals surface area (Å²) in [5.41, 5.74) is 1.67. The maximum absolute atomic E-state index is 11.3. The van der Waals surface area contributed by atoms with Gasteiger partial charge in [0.25, 0.3) is 0 Å². The highest BCUT2D eigenvalue weighted by Gasteiger charge is 2.27. The number of thioether (sulfide) groups is 1. The van der Waals surface area contributed by atoms with Crippen molar-refractivity contribution in [3.05, 3.63) is 23.8 Å². The van der Waals surface area contributed by atoms with Gasteiger partial charge >= 0.3 is 5.97 Å². The van der Waals surface area contributed by atoms with Crippen LogP contribution in [0.4, 0.5) is 0 Å². The molecule has 1 aliphatic heterocycles. The fraction of sp³-hybridized carbons (Fsp3) is 0.417. The van der Waals surface area contributed by atoms with Gasteiger partial charge in [0.2, 0.25) is 0 Å². The van der Waals surface area contributed by atoms with Crippen LogP contribution >= 0.6 is 11.8 Å². The molecule has 0 aromatic heterocycles. The van der Waals surface area contributed by atoms with E-state index in [9.17, 15) is 9.59 Å². The second-order valence-electron chi connectivity index (χ2n) is 4.04. The van der Waals surface area contributed by atoms with Crippen molar-refractivity contribution in [3.63, 3.8) is 0 Å². The fourth-order valence-electron chi connectivity index (χ4n) is 2.02. The molecule has 2 unspecified atom stereocenters. The number of hydrogen-bond donors (Lipinski definition) is 1. The first-order valence-corrected chi connectivity index (χ1v) is 6.61. The Balaban J connectivity index is 2.27. The Morgan fingerprint density at radius 2 is 2.41 bits per heavy atom. The maximum Gasteiger partial charge on any atom is 0.309 e. The number of carboxylic acids is 1. The summed E-state index contributed by atoms with van der Waals surface area (Å²) in [7, 11) is 0. The molecule has 0 fully saturated rings. The Labute approximate surface area is 103 Å². The molecule has 2 aliphatic rings. The van der Waals surface area contributed by atoms with Crippen molar-refractivity contribution < 1.29 is 14.7 Å². The average molecular weight is 251 g/mol. The van der Waals surface area contributed by atoms with Crippen molar-refractivity contribution in [3.8, 4) is 0 Å². The third-order valence-electron chi connectivity index (χ3n) is 2.81. The first-order valence-electron chi connectivity index (χ1n) is 5.33. The first-order chi connectivity index (χ1) is 8.10. The SMILES string of the molecule is CSC1C=C2CC(=O)C=CC2N=C1CC(=O)O. The summed E-state index contributed by atoms with van der Waals surface area (Å²) in [5, 5.41) is 8.82. The minimum atomic E-state index is -0.865. The van der Waals surface area contributed by atoms with E-state index in [4.69, 9.17) is 5.11 Å². The van der Waals surface area contributed by atoms with Crippen LogP contribution in [0.25, 0.3) is 0 Å². The molecule has 1 heterocycles. The van der Waals surface area contributed by atoms with Gasteiger partial charge in [-0.15, -0.1) is 0 Å². The number of carboxylic acid groups (broad SMARTS) is 1. The van der Waals surface area contributed by atoms with E-state index in [1.54, 1.807) is 17.8 Å². The number of nitrogens with zero attached hydrogens (tertiary/aromatic N) is 1. The molecule has 0 radical (unpaired) electrons. The van der Waals surface area contributed by atoms with E-state index in [1.807, 2.05) is 12.3 Å². The van der Waals surface area contributed by atoms with Gasteiger partial charge in [-0.2, -0.15) is 11.8 Å². The number of rotatable bonds is 3. The smallest absolute Gasteiger partial charge is 0.309 e. The molecule has 0 amide bonds. The molecule has 4 nitrogen and oxygen atoms in total. The Hall–Kier alpha value is -1.36. The number of carbonyl (C=O) groups is 2. The van der Waals surface area contributed by atoms with Gasteiger partial charge in [0.05, 0.1) is 17.7 Å². The lowest BCUT2D eigenvalue weighted by Gasteiger charge is -2.26. The monoisotopic (exact) mass is 251 g/mol. The lowest BCUT2D eigenvalue weighted by molar-refractivity contribution is -0.135. The number of dihydropyridines is 1. The Morgan fingerprint density at radius 1 is 1.65 bits per heavy atom. The Kier molecular flexibility index (Phi) is 3.47. The van der Waals surface area contributed by atoms with Crippen molar-refractivity contribution in [1.29, 1.82) is 0 Å². The number of ketones is 1. The minimum absolute atomic E-state index is 0.0170. The number of aliphatic imine (C=N–C) groups is 1. The van der Waals surface area contributed by atoms with Gasteiger partial charge in [-0.1, -0.05) is 12.2 Å². The van der Waals surface area contributed by atoms with Crippen LogP contribution in [0.15, 0.2) is 28.8 Å². The van der Waals surface area contributed by atoms with E-state index in [1.165, 1.54) is 6.08 Å². The molecule has 0 saturated carbocycles. The average Bonchev–Trinajstić information content (AvgIpc) is 2.28. The largest absolute Gasteiger partial charge is 0.481 e. The van der Waals surface area contributed by atoms with Crippen LogP contribution in [0.3, 0.4) is 0 Å². The highest BCUT2D eigenvalue weighted by molar-refractivity contribution is 8.00. The highest BCUT2D eigenvalue weighted by atomic mass is 32.2. The van der Waals surface area contributed by atoms with Crippen molar-refractivity contribution in [2.45, 2.75) is 24.1 Å². The summed E-state index contributed by atoms with van der Waals surface area (Å²) in [5.74, 6) is -0.778. The number of hydrogen-bond acceptors (Lipinski definition) is 4. The van der Waals surface area contributed by atoms with Gasteiger partial charge in [0.15, 0.2) is 5.78 Å². The molecular weight excluding hydrogens is 238 g/mol. The van der Waals surface area contributed by atoms with Gasteiger partial charge in [-0.3, -0.25) is 14.6 Å². The number of aliphatic carboxylic acids is 1. The third kappa shape index (κ3) is 2.66. The molecule has 0 aromatic carbocycles. The number of allylic oxidation sites excluding steroid dienone is 1. The second kappa shape index (κ2) is 4.87. The molecule has 90 valence electrons. The molecule has 0 saturated heterocycles. The van der Waals surface area contributed by atoms with Crippen molar-refractivity contribution >= 4 is 29.2 Å².